The first-order valence-corrected chi connectivity index (χ1v) is 5.96. The van der Waals surface area contributed by atoms with Gasteiger partial charge in [-0.15, -0.1) is 10.2 Å². The van der Waals surface area contributed by atoms with Gasteiger partial charge in [-0.1, -0.05) is 6.07 Å². The summed E-state index contributed by atoms with van der Waals surface area (Å²) < 4.78 is 20.7. The number of halogens is 1. The van der Waals surface area contributed by atoms with Gasteiger partial charge < -0.3 is 10.5 Å². The minimum absolute atomic E-state index is 0.215. The number of aromatic nitrogens is 4. The van der Waals surface area contributed by atoms with Crippen LogP contribution in [0, 0.1) is 5.82 Å². The molecule has 0 aliphatic carbocycles. The van der Waals surface area contributed by atoms with Crippen molar-refractivity contribution in [2.24, 2.45) is 0 Å². The molecule has 0 saturated carbocycles. The first-order valence-electron chi connectivity index (χ1n) is 5.96. The van der Waals surface area contributed by atoms with Gasteiger partial charge in [0.25, 0.3) is 0 Å². The number of nitrogen functional groups attached to an aromatic ring is 1. The Labute approximate surface area is 114 Å². The van der Waals surface area contributed by atoms with Crippen molar-refractivity contribution in [2.45, 2.75) is 6.42 Å². The fraction of sp³-hybridized carbons (Fsp3) is 0.154. The lowest BCUT2D eigenvalue weighted by molar-refractivity contribution is 0.405. The average Bonchev–Trinajstić information content (AvgIpc) is 2.86. The highest BCUT2D eigenvalue weighted by Gasteiger charge is 2.15. The van der Waals surface area contributed by atoms with Crippen LogP contribution in [0.2, 0.25) is 0 Å². The quantitative estimate of drug-likeness (QED) is 0.781. The number of anilines is 1. The van der Waals surface area contributed by atoms with E-state index >= 15 is 0 Å². The van der Waals surface area contributed by atoms with Gasteiger partial charge in [-0.3, -0.25) is 0 Å². The molecule has 0 radical (unpaired) electrons. The topological polar surface area (TPSA) is 78.3 Å². The summed E-state index contributed by atoms with van der Waals surface area (Å²) in [7, 11) is 1.50. The highest BCUT2D eigenvalue weighted by molar-refractivity contribution is 5.45. The van der Waals surface area contributed by atoms with Crippen molar-refractivity contribution in [3.63, 3.8) is 0 Å². The third kappa shape index (κ3) is 1.93. The molecule has 6 nitrogen and oxygen atoms in total. The van der Waals surface area contributed by atoms with Gasteiger partial charge in [0, 0.05) is 24.2 Å². The van der Waals surface area contributed by atoms with E-state index in [4.69, 9.17) is 10.5 Å². The van der Waals surface area contributed by atoms with E-state index in [0.29, 0.717) is 22.8 Å². The van der Waals surface area contributed by atoms with Gasteiger partial charge in [0.15, 0.2) is 5.65 Å². The molecule has 2 N–H and O–H groups in total. The van der Waals surface area contributed by atoms with E-state index in [1.807, 2.05) is 0 Å². The molecule has 0 saturated heterocycles. The van der Waals surface area contributed by atoms with Crippen molar-refractivity contribution in [1.29, 1.82) is 0 Å². The molecule has 102 valence electrons. The van der Waals surface area contributed by atoms with Gasteiger partial charge in [-0.05, 0) is 12.1 Å². The van der Waals surface area contributed by atoms with Gasteiger partial charge in [0.2, 0.25) is 5.95 Å². The molecule has 0 atom stereocenters. The van der Waals surface area contributed by atoms with Crippen LogP contribution >= 0.6 is 0 Å². The average molecular weight is 273 g/mol. The molecule has 7 heteroatoms. The van der Waals surface area contributed by atoms with Crippen LogP contribution in [-0.2, 0) is 6.42 Å². The first kappa shape index (κ1) is 12.3. The van der Waals surface area contributed by atoms with E-state index in [2.05, 4.69) is 15.2 Å². The molecule has 2 heterocycles. The van der Waals surface area contributed by atoms with E-state index < -0.39 is 0 Å². The normalized spacial score (nSPS) is 10.9. The predicted octanol–water partition coefficient (Wildman–Crippen LogP) is 1.44. The van der Waals surface area contributed by atoms with Crippen LogP contribution in [0.15, 0.2) is 30.5 Å². The smallest absolute Gasteiger partial charge is 0.207 e. The van der Waals surface area contributed by atoms with Gasteiger partial charge >= 0.3 is 0 Å². The molecule has 3 rings (SSSR count). The SMILES string of the molecule is COc1cccc(F)c1Cc1nnc2ccnc(N)n12. The third-order valence-electron chi connectivity index (χ3n) is 3.05. The van der Waals surface area contributed by atoms with Crippen molar-refractivity contribution in [3.8, 4) is 5.75 Å². The van der Waals surface area contributed by atoms with Crippen molar-refractivity contribution >= 4 is 11.6 Å². The second-order valence-corrected chi connectivity index (χ2v) is 4.21. The Morgan fingerprint density at radius 2 is 2.15 bits per heavy atom. The highest BCUT2D eigenvalue weighted by Crippen LogP contribution is 2.24. The summed E-state index contributed by atoms with van der Waals surface area (Å²) in [5.41, 5.74) is 6.79. The monoisotopic (exact) mass is 273 g/mol. The summed E-state index contributed by atoms with van der Waals surface area (Å²) in [6.45, 7) is 0. The molecule has 3 aromatic rings. The maximum Gasteiger partial charge on any atom is 0.207 e. The Hall–Kier alpha value is -2.70. The van der Waals surface area contributed by atoms with Crippen LogP contribution in [0.5, 0.6) is 5.75 Å². The third-order valence-corrected chi connectivity index (χ3v) is 3.05. The van der Waals surface area contributed by atoms with Crippen LogP contribution in [0.4, 0.5) is 10.3 Å². The lowest BCUT2D eigenvalue weighted by Gasteiger charge is -2.08. The summed E-state index contributed by atoms with van der Waals surface area (Å²) in [5, 5.41) is 8.03. The summed E-state index contributed by atoms with van der Waals surface area (Å²) in [4.78, 5) is 3.98. The van der Waals surface area contributed by atoms with Gasteiger partial charge in [0.05, 0.1) is 7.11 Å². The molecule has 0 amide bonds. The highest BCUT2D eigenvalue weighted by atomic mass is 19.1. The zero-order valence-electron chi connectivity index (χ0n) is 10.7. The molecule has 0 unspecified atom stereocenters. The van der Waals surface area contributed by atoms with Gasteiger partial charge in [0.1, 0.15) is 17.4 Å². The summed E-state index contributed by atoms with van der Waals surface area (Å²) in [5.74, 6) is 0.875. The van der Waals surface area contributed by atoms with Crippen molar-refractivity contribution in [1.82, 2.24) is 19.6 Å². The Morgan fingerprint density at radius 1 is 1.30 bits per heavy atom. The van der Waals surface area contributed by atoms with E-state index in [1.54, 1.807) is 28.8 Å². The van der Waals surface area contributed by atoms with Crippen molar-refractivity contribution < 1.29 is 9.13 Å². The maximum atomic E-state index is 13.9. The Morgan fingerprint density at radius 3 is 2.95 bits per heavy atom. The fourth-order valence-corrected chi connectivity index (χ4v) is 2.10. The van der Waals surface area contributed by atoms with E-state index in [0.717, 1.165) is 0 Å². The Bertz CT molecular complexity index is 771. The molecule has 0 fully saturated rings. The molecule has 20 heavy (non-hydrogen) atoms. The minimum atomic E-state index is -0.358. The standard InChI is InChI=1S/C13H12FN5O/c1-20-10-4-2-3-9(14)8(10)7-12-18-17-11-5-6-16-13(15)19(11)12/h2-6H,7H2,1H3,(H2,15,16). The lowest BCUT2D eigenvalue weighted by atomic mass is 10.1. The number of nitrogens with zero attached hydrogens (tertiary/aromatic N) is 4. The number of ether oxygens (including phenoxy) is 1. The van der Waals surface area contributed by atoms with Gasteiger partial charge in [-0.25, -0.2) is 13.8 Å². The number of methoxy groups -OCH3 is 1. The molecule has 1 aromatic carbocycles. The number of hydrogen-bond donors (Lipinski definition) is 1. The summed E-state index contributed by atoms with van der Waals surface area (Å²) >= 11 is 0. The van der Waals surface area contributed by atoms with Crippen molar-refractivity contribution in [3.05, 3.63) is 47.7 Å². The lowest BCUT2D eigenvalue weighted by Crippen LogP contribution is -2.06. The number of rotatable bonds is 3. The maximum absolute atomic E-state index is 13.9. The Balaban J connectivity index is 2.11. The van der Waals surface area contributed by atoms with Crippen LogP contribution in [0.25, 0.3) is 5.65 Å². The van der Waals surface area contributed by atoms with Crippen LogP contribution in [-0.4, -0.2) is 26.7 Å². The largest absolute Gasteiger partial charge is 0.496 e. The number of nitrogens with two attached hydrogens (primary N) is 1. The second-order valence-electron chi connectivity index (χ2n) is 4.21. The number of hydrogen-bond acceptors (Lipinski definition) is 5. The van der Waals surface area contributed by atoms with Crippen molar-refractivity contribution in [2.75, 3.05) is 12.8 Å². The fourth-order valence-electron chi connectivity index (χ4n) is 2.10. The summed E-state index contributed by atoms with van der Waals surface area (Å²) in [6, 6.07) is 6.35. The minimum Gasteiger partial charge on any atom is -0.496 e. The van der Waals surface area contributed by atoms with Crippen LogP contribution < -0.4 is 10.5 Å². The predicted molar refractivity (Wildman–Crippen MR) is 71.0 cm³/mol. The van der Waals surface area contributed by atoms with E-state index in [-0.39, 0.29) is 18.2 Å². The Kier molecular flexibility index (Phi) is 2.94. The van der Waals surface area contributed by atoms with E-state index in [9.17, 15) is 4.39 Å². The zero-order chi connectivity index (χ0) is 14.1. The number of fused-ring (bicyclic) bond motifs is 1. The second kappa shape index (κ2) is 4.76. The zero-order valence-corrected chi connectivity index (χ0v) is 10.7. The first-order chi connectivity index (χ1) is 9.70. The molecule has 0 spiro atoms. The molecule has 0 bridgehead atoms. The summed E-state index contributed by atoms with van der Waals surface area (Å²) in [6.07, 6.45) is 1.76. The molecule has 0 aliphatic heterocycles. The van der Waals surface area contributed by atoms with E-state index in [1.165, 1.54) is 13.2 Å². The molecular formula is C13H12FN5O. The van der Waals surface area contributed by atoms with Crippen LogP contribution in [0.1, 0.15) is 11.4 Å². The number of benzene rings is 1. The van der Waals surface area contributed by atoms with Gasteiger partial charge in [-0.2, -0.15) is 0 Å². The molecular weight excluding hydrogens is 261 g/mol. The molecule has 0 aliphatic rings. The molecule has 2 aromatic heterocycles. The van der Waals surface area contributed by atoms with Crippen LogP contribution in [0.3, 0.4) is 0 Å².